The number of aliphatic hydroxyl groups excluding tert-OH is 2. The zero-order valence-corrected chi connectivity index (χ0v) is 17.2. The second-order valence-corrected chi connectivity index (χ2v) is 8.86. The number of carboxylic acid groups (broad SMARTS) is 1. The number of aliphatic hydroxyl groups is 2. The molecule has 0 spiro atoms. The van der Waals surface area contributed by atoms with E-state index in [0.29, 0.717) is 19.3 Å². The standard InChI is InChI=1S/C22H35ClO4/c1-2-22(13-8-14-22)20(25)11-7-10-17-16(18(23)15-19(17)24)9-5-3-4-6-12-21(26)27/h3,5,7,10,16-20,24-25H,2,4,6,8-9,11-15H2,1H3,(H,26,27)/b5-3-,10-7+/t16-,17-,18-,19?,20?/m1/s1. The first kappa shape index (κ1) is 22.4. The highest BCUT2D eigenvalue weighted by molar-refractivity contribution is 6.21. The van der Waals surface area contributed by atoms with E-state index in [-0.39, 0.29) is 35.2 Å². The minimum atomic E-state index is -0.762. The molecule has 0 radical (unpaired) electrons. The second-order valence-electron chi connectivity index (χ2n) is 8.30. The molecule has 5 atom stereocenters. The molecule has 0 heterocycles. The third-order valence-corrected chi connectivity index (χ3v) is 7.19. The second kappa shape index (κ2) is 10.6. The van der Waals surface area contributed by atoms with Crippen LogP contribution < -0.4 is 0 Å². The molecule has 5 heteroatoms. The lowest BCUT2D eigenvalue weighted by atomic mass is 9.63. The van der Waals surface area contributed by atoms with E-state index in [1.165, 1.54) is 6.42 Å². The molecular formula is C22H35ClO4. The normalized spacial score (nSPS) is 31.4. The van der Waals surface area contributed by atoms with Gasteiger partial charge in [0.15, 0.2) is 0 Å². The summed E-state index contributed by atoms with van der Waals surface area (Å²) in [5, 5.41) is 29.5. The maximum atomic E-state index is 10.5. The van der Waals surface area contributed by atoms with E-state index in [0.717, 1.165) is 32.1 Å². The number of aliphatic carboxylic acids is 1. The van der Waals surface area contributed by atoms with Gasteiger partial charge in [0.25, 0.3) is 0 Å². The molecule has 0 aliphatic heterocycles. The number of hydrogen-bond acceptors (Lipinski definition) is 3. The molecule has 2 aliphatic carbocycles. The van der Waals surface area contributed by atoms with Crippen LogP contribution in [0.3, 0.4) is 0 Å². The molecule has 0 amide bonds. The summed E-state index contributed by atoms with van der Waals surface area (Å²) in [6, 6.07) is 0. The fraction of sp³-hybridized carbons (Fsp3) is 0.773. The molecule has 2 aliphatic rings. The van der Waals surface area contributed by atoms with Crippen molar-refractivity contribution in [1.82, 2.24) is 0 Å². The van der Waals surface area contributed by atoms with E-state index in [4.69, 9.17) is 16.7 Å². The van der Waals surface area contributed by atoms with Crippen molar-refractivity contribution in [3.63, 3.8) is 0 Å². The molecule has 2 unspecified atom stereocenters. The molecule has 0 aromatic carbocycles. The summed E-state index contributed by atoms with van der Waals surface area (Å²) in [7, 11) is 0. The molecule has 3 N–H and O–H groups in total. The third kappa shape index (κ3) is 6.07. The van der Waals surface area contributed by atoms with E-state index >= 15 is 0 Å². The number of allylic oxidation sites excluding steroid dienone is 2. The van der Waals surface area contributed by atoms with Crippen LogP contribution in [0.2, 0.25) is 0 Å². The summed E-state index contributed by atoms with van der Waals surface area (Å²) in [5.41, 5.74) is 0.103. The first-order valence-electron chi connectivity index (χ1n) is 10.4. The van der Waals surface area contributed by atoms with Gasteiger partial charge in [-0.2, -0.15) is 0 Å². The number of halogens is 1. The molecule has 27 heavy (non-hydrogen) atoms. The van der Waals surface area contributed by atoms with Crippen molar-refractivity contribution in [2.45, 2.75) is 88.7 Å². The molecule has 0 saturated heterocycles. The number of unbranched alkanes of at least 4 members (excludes halogenated alkanes) is 1. The molecular weight excluding hydrogens is 364 g/mol. The van der Waals surface area contributed by atoms with Gasteiger partial charge in [-0.05, 0) is 62.7 Å². The molecule has 2 rings (SSSR count). The molecule has 0 bridgehead atoms. The minimum Gasteiger partial charge on any atom is -0.481 e. The van der Waals surface area contributed by atoms with Gasteiger partial charge in [-0.25, -0.2) is 0 Å². The number of carbonyl (C=O) groups is 1. The Hall–Kier alpha value is -0.840. The first-order chi connectivity index (χ1) is 12.9. The SMILES string of the molecule is CCC1(C(O)C/C=C/[C@H]2C(O)C[C@@H](Cl)[C@@H]2C/C=C\CCCC(=O)O)CCC1. The Morgan fingerprint density at radius 3 is 2.63 bits per heavy atom. The van der Waals surface area contributed by atoms with Crippen LogP contribution in [0.5, 0.6) is 0 Å². The van der Waals surface area contributed by atoms with E-state index < -0.39 is 12.1 Å². The van der Waals surface area contributed by atoms with Crippen LogP contribution in [0.15, 0.2) is 24.3 Å². The van der Waals surface area contributed by atoms with Crippen molar-refractivity contribution >= 4 is 17.6 Å². The zero-order valence-electron chi connectivity index (χ0n) is 16.4. The van der Waals surface area contributed by atoms with E-state index in [1.807, 2.05) is 12.2 Å². The van der Waals surface area contributed by atoms with Gasteiger partial charge in [-0.1, -0.05) is 37.6 Å². The van der Waals surface area contributed by atoms with Crippen molar-refractivity contribution in [2.75, 3.05) is 0 Å². The van der Waals surface area contributed by atoms with Crippen molar-refractivity contribution in [2.24, 2.45) is 17.3 Å². The van der Waals surface area contributed by atoms with E-state index in [1.54, 1.807) is 0 Å². The van der Waals surface area contributed by atoms with Crippen molar-refractivity contribution in [1.29, 1.82) is 0 Å². The van der Waals surface area contributed by atoms with Crippen LogP contribution in [0.1, 0.15) is 71.1 Å². The summed E-state index contributed by atoms with van der Waals surface area (Å²) in [6.45, 7) is 2.16. The van der Waals surface area contributed by atoms with Crippen molar-refractivity contribution < 1.29 is 20.1 Å². The smallest absolute Gasteiger partial charge is 0.303 e. The summed E-state index contributed by atoms with van der Waals surface area (Å²) in [6.07, 6.45) is 15.5. The monoisotopic (exact) mass is 398 g/mol. The predicted molar refractivity (Wildman–Crippen MR) is 109 cm³/mol. The molecule has 2 saturated carbocycles. The van der Waals surface area contributed by atoms with Gasteiger partial charge in [0.05, 0.1) is 12.2 Å². The highest BCUT2D eigenvalue weighted by Gasteiger charge is 2.42. The molecule has 0 aromatic heterocycles. The Labute approximate surface area is 168 Å². The van der Waals surface area contributed by atoms with Crippen LogP contribution in [-0.4, -0.2) is 38.9 Å². The van der Waals surface area contributed by atoms with Gasteiger partial charge >= 0.3 is 5.97 Å². The average molecular weight is 399 g/mol. The number of alkyl halides is 1. The largest absolute Gasteiger partial charge is 0.481 e. The number of hydrogen-bond donors (Lipinski definition) is 3. The lowest BCUT2D eigenvalue weighted by Crippen LogP contribution is -2.40. The van der Waals surface area contributed by atoms with Gasteiger partial charge in [0.2, 0.25) is 0 Å². The Morgan fingerprint density at radius 1 is 1.30 bits per heavy atom. The average Bonchev–Trinajstić information content (AvgIpc) is 2.84. The summed E-state index contributed by atoms with van der Waals surface area (Å²) in [5.74, 6) is -0.570. The van der Waals surface area contributed by atoms with E-state index in [9.17, 15) is 15.0 Å². The van der Waals surface area contributed by atoms with E-state index in [2.05, 4.69) is 19.1 Å². The van der Waals surface area contributed by atoms with Crippen molar-refractivity contribution in [3.05, 3.63) is 24.3 Å². The summed E-state index contributed by atoms with van der Waals surface area (Å²) < 4.78 is 0. The van der Waals surface area contributed by atoms with Gasteiger partial charge in [-0.3, -0.25) is 4.79 Å². The number of carboxylic acids is 1. The van der Waals surface area contributed by atoms with Crippen LogP contribution in [0.25, 0.3) is 0 Å². The first-order valence-corrected chi connectivity index (χ1v) is 10.9. The zero-order chi connectivity index (χ0) is 19.9. The molecule has 0 aromatic rings. The number of rotatable bonds is 11. The predicted octanol–water partition coefficient (Wildman–Crippen LogP) is 4.68. The van der Waals surface area contributed by atoms with Gasteiger partial charge in [-0.15, -0.1) is 11.6 Å². The maximum absolute atomic E-state index is 10.5. The lowest BCUT2D eigenvalue weighted by molar-refractivity contribution is -0.137. The minimum absolute atomic E-state index is 0.0161. The maximum Gasteiger partial charge on any atom is 0.303 e. The Morgan fingerprint density at radius 2 is 2.04 bits per heavy atom. The van der Waals surface area contributed by atoms with Crippen LogP contribution >= 0.6 is 11.6 Å². The lowest BCUT2D eigenvalue weighted by Gasteiger charge is -2.45. The topological polar surface area (TPSA) is 77.8 Å². The molecule has 4 nitrogen and oxygen atoms in total. The molecule has 154 valence electrons. The Kier molecular flexibility index (Phi) is 8.84. The van der Waals surface area contributed by atoms with Gasteiger partial charge < -0.3 is 15.3 Å². The molecule has 2 fully saturated rings. The highest BCUT2D eigenvalue weighted by Crippen LogP contribution is 2.47. The highest BCUT2D eigenvalue weighted by atomic mass is 35.5. The van der Waals surface area contributed by atoms with Crippen LogP contribution in [-0.2, 0) is 4.79 Å². The third-order valence-electron chi connectivity index (χ3n) is 6.68. The Balaban J connectivity index is 1.83. The van der Waals surface area contributed by atoms with Gasteiger partial charge in [0, 0.05) is 17.7 Å². The quantitative estimate of drug-likeness (QED) is 0.268. The Bertz CT molecular complexity index is 521. The fourth-order valence-corrected chi connectivity index (χ4v) is 5.03. The van der Waals surface area contributed by atoms with Crippen LogP contribution in [0.4, 0.5) is 0 Å². The summed E-state index contributed by atoms with van der Waals surface area (Å²) in [4.78, 5) is 10.5. The van der Waals surface area contributed by atoms with Crippen molar-refractivity contribution in [3.8, 4) is 0 Å². The van der Waals surface area contributed by atoms with Gasteiger partial charge in [0.1, 0.15) is 0 Å². The summed E-state index contributed by atoms with van der Waals surface area (Å²) >= 11 is 6.46. The van der Waals surface area contributed by atoms with Crippen LogP contribution in [0, 0.1) is 17.3 Å². The fourth-order valence-electron chi connectivity index (χ4n) is 4.58.